The average molecular weight is 116 g/mol. The molecule has 0 aromatic carbocycles. The number of hydrogen-bond donors (Lipinski definition) is 4. The van der Waals surface area contributed by atoms with Gasteiger partial charge in [-0.05, 0) is 6.42 Å². The van der Waals surface area contributed by atoms with Gasteiger partial charge in [0.05, 0.1) is 6.17 Å². The van der Waals surface area contributed by atoms with Gasteiger partial charge in [-0.15, -0.1) is 0 Å². The van der Waals surface area contributed by atoms with Crippen LogP contribution in [-0.4, -0.2) is 12.1 Å². The van der Waals surface area contributed by atoms with Crippen LogP contribution in [0.4, 0.5) is 0 Å². The van der Waals surface area contributed by atoms with Crippen LogP contribution in [0.25, 0.3) is 0 Å². The highest BCUT2D eigenvalue weighted by Crippen LogP contribution is 1.75. The lowest BCUT2D eigenvalue weighted by Crippen LogP contribution is -2.44. The van der Waals surface area contributed by atoms with Crippen LogP contribution in [-0.2, 0) is 0 Å². The van der Waals surface area contributed by atoms with Crippen LogP contribution < -0.4 is 16.8 Å². The Hall–Kier alpha value is -0.770. The van der Waals surface area contributed by atoms with Crippen LogP contribution in [0.5, 0.6) is 0 Å². The first-order chi connectivity index (χ1) is 3.66. The summed E-state index contributed by atoms with van der Waals surface area (Å²) < 4.78 is 0. The Kier molecular flexibility index (Phi) is 2.95. The van der Waals surface area contributed by atoms with Crippen LogP contribution >= 0.6 is 0 Å². The molecule has 0 aromatic rings. The zero-order chi connectivity index (χ0) is 6.57. The second kappa shape index (κ2) is 3.26. The average Bonchev–Trinajstić information content (AvgIpc) is 1.65. The van der Waals surface area contributed by atoms with Gasteiger partial charge < -0.3 is 16.8 Å². The molecule has 0 amide bonds. The van der Waals surface area contributed by atoms with Gasteiger partial charge in [0, 0.05) is 0 Å². The second-order valence-corrected chi connectivity index (χ2v) is 1.57. The molecule has 0 bridgehead atoms. The quantitative estimate of drug-likeness (QED) is 0.215. The molecule has 0 saturated carbocycles. The third-order valence-corrected chi connectivity index (χ3v) is 0.781. The monoisotopic (exact) mass is 116 g/mol. The highest BCUT2D eigenvalue weighted by molar-refractivity contribution is 5.74. The standard InChI is InChI=1S/C4H12N4/c1-2-3(5)8-4(6)7/h3H,2,5H2,1H3,(H4,6,7,8). The highest BCUT2D eigenvalue weighted by atomic mass is 15.1. The maximum Gasteiger partial charge on any atom is 0.186 e. The van der Waals surface area contributed by atoms with Crippen LogP contribution in [0.1, 0.15) is 13.3 Å². The summed E-state index contributed by atoms with van der Waals surface area (Å²) in [7, 11) is 0. The fourth-order valence-electron chi connectivity index (χ4n) is 0.302. The molecule has 48 valence electrons. The van der Waals surface area contributed by atoms with E-state index >= 15 is 0 Å². The minimum absolute atomic E-state index is 0.0700. The molecule has 0 aromatic heterocycles. The molecule has 0 rings (SSSR count). The van der Waals surface area contributed by atoms with Gasteiger partial charge in [-0.25, -0.2) is 0 Å². The summed E-state index contributed by atoms with van der Waals surface area (Å²) in [4.78, 5) is 0. The third kappa shape index (κ3) is 3.42. The van der Waals surface area contributed by atoms with Crippen molar-refractivity contribution < 1.29 is 0 Å². The third-order valence-electron chi connectivity index (χ3n) is 0.781. The van der Waals surface area contributed by atoms with Gasteiger partial charge in [-0.3, -0.25) is 5.41 Å². The lowest BCUT2D eigenvalue weighted by Gasteiger charge is -2.09. The summed E-state index contributed by atoms with van der Waals surface area (Å²) in [6.45, 7) is 1.92. The zero-order valence-corrected chi connectivity index (χ0v) is 4.94. The van der Waals surface area contributed by atoms with Gasteiger partial charge in [-0.2, -0.15) is 0 Å². The Bertz CT molecular complexity index is 80.1. The fourth-order valence-corrected chi connectivity index (χ4v) is 0.302. The van der Waals surface area contributed by atoms with Crippen molar-refractivity contribution in [3.63, 3.8) is 0 Å². The van der Waals surface area contributed by atoms with Crippen molar-refractivity contribution in [2.24, 2.45) is 11.5 Å². The van der Waals surface area contributed by atoms with E-state index in [9.17, 15) is 0 Å². The first-order valence-electron chi connectivity index (χ1n) is 2.53. The van der Waals surface area contributed by atoms with E-state index in [2.05, 4.69) is 5.32 Å². The topological polar surface area (TPSA) is 87.9 Å². The first kappa shape index (κ1) is 7.23. The molecule has 0 aliphatic carbocycles. The van der Waals surface area contributed by atoms with E-state index in [0.29, 0.717) is 0 Å². The molecule has 1 atom stereocenters. The molecule has 6 N–H and O–H groups in total. The molecule has 0 saturated heterocycles. The van der Waals surface area contributed by atoms with Crippen LogP contribution in [0, 0.1) is 5.41 Å². The summed E-state index contributed by atoms with van der Waals surface area (Å²) in [5, 5.41) is 9.25. The normalized spacial score (nSPS) is 12.8. The maximum absolute atomic E-state index is 6.71. The van der Waals surface area contributed by atoms with E-state index in [1.165, 1.54) is 0 Å². The maximum atomic E-state index is 6.71. The molecule has 0 spiro atoms. The molecule has 4 nitrogen and oxygen atoms in total. The van der Waals surface area contributed by atoms with E-state index in [-0.39, 0.29) is 12.1 Å². The van der Waals surface area contributed by atoms with Crippen LogP contribution in [0.15, 0.2) is 0 Å². The molecule has 8 heavy (non-hydrogen) atoms. The predicted molar refractivity (Wildman–Crippen MR) is 33.3 cm³/mol. The van der Waals surface area contributed by atoms with Gasteiger partial charge in [0.15, 0.2) is 5.96 Å². The minimum atomic E-state index is -0.174. The molecule has 0 heterocycles. The Morgan fingerprint density at radius 3 is 2.50 bits per heavy atom. The van der Waals surface area contributed by atoms with Crippen molar-refractivity contribution in [1.82, 2.24) is 5.32 Å². The predicted octanol–water partition coefficient (Wildman–Crippen LogP) is -0.836. The van der Waals surface area contributed by atoms with Crippen molar-refractivity contribution in [3.05, 3.63) is 0 Å². The summed E-state index contributed by atoms with van der Waals surface area (Å²) in [6.07, 6.45) is 0.604. The van der Waals surface area contributed by atoms with Crippen molar-refractivity contribution in [3.8, 4) is 0 Å². The van der Waals surface area contributed by atoms with Gasteiger partial charge >= 0.3 is 0 Å². The fraction of sp³-hybridized carbons (Fsp3) is 0.750. The van der Waals surface area contributed by atoms with Gasteiger partial charge in [0.1, 0.15) is 0 Å². The van der Waals surface area contributed by atoms with E-state index < -0.39 is 0 Å². The van der Waals surface area contributed by atoms with E-state index in [0.717, 1.165) is 6.42 Å². The largest absolute Gasteiger partial charge is 0.370 e. The Morgan fingerprint density at radius 2 is 2.38 bits per heavy atom. The van der Waals surface area contributed by atoms with Crippen molar-refractivity contribution in [2.45, 2.75) is 19.5 Å². The number of hydrogen-bond acceptors (Lipinski definition) is 2. The number of guanidine groups is 1. The molecular weight excluding hydrogens is 104 g/mol. The SMILES string of the molecule is CCC(N)NC(=N)N. The summed E-state index contributed by atoms with van der Waals surface area (Å²) >= 11 is 0. The second-order valence-electron chi connectivity index (χ2n) is 1.57. The van der Waals surface area contributed by atoms with Gasteiger partial charge in [0.25, 0.3) is 0 Å². The zero-order valence-electron chi connectivity index (χ0n) is 4.94. The summed E-state index contributed by atoms with van der Waals surface area (Å²) in [5.74, 6) is -0.0700. The van der Waals surface area contributed by atoms with Crippen molar-refractivity contribution >= 4 is 5.96 Å². The van der Waals surface area contributed by atoms with E-state index in [1.807, 2.05) is 6.92 Å². The lowest BCUT2D eigenvalue weighted by atomic mass is 10.4. The van der Waals surface area contributed by atoms with Crippen molar-refractivity contribution in [1.29, 1.82) is 5.41 Å². The molecular formula is C4H12N4. The number of nitrogens with two attached hydrogens (primary N) is 2. The molecule has 0 fully saturated rings. The van der Waals surface area contributed by atoms with Gasteiger partial charge in [-0.1, -0.05) is 6.92 Å². The molecule has 1 unspecified atom stereocenters. The molecule has 0 radical (unpaired) electrons. The van der Waals surface area contributed by atoms with E-state index in [1.54, 1.807) is 0 Å². The molecule has 4 heteroatoms. The van der Waals surface area contributed by atoms with E-state index in [4.69, 9.17) is 16.9 Å². The lowest BCUT2D eigenvalue weighted by molar-refractivity contribution is 0.608. The first-order valence-corrected chi connectivity index (χ1v) is 2.53. The number of rotatable bonds is 2. The molecule has 0 aliphatic rings. The minimum Gasteiger partial charge on any atom is -0.370 e. The highest BCUT2D eigenvalue weighted by Gasteiger charge is 1.94. The van der Waals surface area contributed by atoms with Crippen LogP contribution in [0.3, 0.4) is 0 Å². The Balaban J connectivity index is 3.24. The number of nitrogens with one attached hydrogen (secondary N) is 2. The Labute approximate surface area is 48.7 Å². The van der Waals surface area contributed by atoms with Gasteiger partial charge in [0.2, 0.25) is 0 Å². The Morgan fingerprint density at radius 1 is 1.88 bits per heavy atom. The smallest absolute Gasteiger partial charge is 0.186 e. The van der Waals surface area contributed by atoms with Crippen LogP contribution in [0.2, 0.25) is 0 Å². The summed E-state index contributed by atoms with van der Waals surface area (Å²) in [6, 6.07) is 0. The molecule has 0 aliphatic heterocycles. The summed E-state index contributed by atoms with van der Waals surface area (Å²) in [5.41, 5.74) is 10.3. The van der Waals surface area contributed by atoms with Crippen molar-refractivity contribution in [2.75, 3.05) is 0 Å².